The summed E-state index contributed by atoms with van der Waals surface area (Å²) in [7, 11) is 0. The zero-order valence-electron chi connectivity index (χ0n) is 14.5. The molecule has 1 atom stereocenters. The van der Waals surface area contributed by atoms with Gasteiger partial charge in [0.05, 0.1) is 4.92 Å². The molecule has 0 radical (unpaired) electrons. The average molecular weight is 368 g/mol. The fourth-order valence-corrected chi connectivity index (χ4v) is 2.81. The largest absolute Gasteiger partial charge is 0.322 e. The van der Waals surface area contributed by atoms with Crippen molar-refractivity contribution < 1.29 is 19.3 Å². The molecule has 138 valence electrons. The lowest BCUT2D eigenvalue weighted by Crippen LogP contribution is -2.40. The predicted octanol–water partition coefficient (Wildman–Crippen LogP) is 2.21. The summed E-state index contributed by atoms with van der Waals surface area (Å²) in [5.74, 6) is -1.02. The number of hydrogen-bond acceptors (Lipinski definition) is 5. The highest BCUT2D eigenvalue weighted by Gasteiger charge is 2.43. The van der Waals surface area contributed by atoms with Crippen molar-refractivity contribution in [1.82, 2.24) is 10.6 Å². The van der Waals surface area contributed by atoms with Gasteiger partial charge in [-0.05, 0) is 37.6 Å². The molecule has 1 aliphatic heterocycles. The number of imide groups is 1. The normalized spacial score (nSPS) is 18.6. The second-order valence-electron chi connectivity index (χ2n) is 6.33. The van der Waals surface area contributed by atoms with Gasteiger partial charge in [0.15, 0.2) is 0 Å². The lowest BCUT2D eigenvalue weighted by atomic mass is 9.92. The van der Waals surface area contributed by atoms with Crippen molar-refractivity contribution in [2.45, 2.75) is 19.4 Å². The monoisotopic (exact) mass is 368 g/mol. The van der Waals surface area contributed by atoms with Crippen LogP contribution < -0.4 is 16.0 Å². The number of nitrogens with zero attached hydrogens (tertiary/aromatic N) is 1. The van der Waals surface area contributed by atoms with E-state index in [1.54, 1.807) is 38.1 Å². The first-order chi connectivity index (χ1) is 12.7. The van der Waals surface area contributed by atoms with Crippen LogP contribution in [0.4, 0.5) is 16.2 Å². The lowest BCUT2D eigenvalue weighted by Gasteiger charge is -2.21. The van der Waals surface area contributed by atoms with E-state index in [1.165, 1.54) is 18.2 Å². The minimum atomic E-state index is -1.25. The van der Waals surface area contributed by atoms with E-state index in [4.69, 9.17) is 0 Å². The number of nitro groups is 1. The maximum absolute atomic E-state index is 12.4. The molecule has 2 aromatic rings. The van der Waals surface area contributed by atoms with Gasteiger partial charge in [-0.2, -0.15) is 0 Å². The van der Waals surface area contributed by atoms with Gasteiger partial charge in [0.25, 0.3) is 17.5 Å². The van der Waals surface area contributed by atoms with E-state index in [-0.39, 0.29) is 11.3 Å². The van der Waals surface area contributed by atoms with Gasteiger partial charge in [0.1, 0.15) is 5.54 Å². The minimum Gasteiger partial charge on any atom is -0.322 e. The van der Waals surface area contributed by atoms with Gasteiger partial charge in [-0.1, -0.05) is 18.2 Å². The Bertz CT molecular complexity index is 987. The number of benzene rings is 2. The Balaban J connectivity index is 1.86. The van der Waals surface area contributed by atoms with Crippen LogP contribution in [0.5, 0.6) is 0 Å². The van der Waals surface area contributed by atoms with Crippen LogP contribution in [0.15, 0.2) is 42.5 Å². The molecule has 2 aromatic carbocycles. The van der Waals surface area contributed by atoms with E-state index in [2.05, 4.69) is 16.0 Å². The molecule has 3 rings (SSSR count). The van der Waals surface area contributed by atoms with Crippen LogP contribution in [0.2, 0.25) is 0 Å². The number of nitro benzene ring substituents is 1. The molecule has 1 heterocycles. The number of amides is 4. The number of rotatable bonds is 4. The maximum atomic E-state index is 12.4. The molecule has 3 N–H and O–H groups in total. The van der Waals surface area contributed by atoms with Crippen LogP contribution in [0.1, 0.15) is 28.4 Å². The molecule has 1 aliphatic rings. The molecule has 27 heavy (non-hydrogen) atoms. The van der Waals surface area contributed by atoms with E-state index in [0.29, 0.717) is 16.8 Å². The summed E-state index contributed by atoms with van der Waals surface area (Å²) in [6, 6.07) is 10.1. The quantitative estimate of drug-likeness (QED) is 0.433. The number of hydrogen-bond donors (Lipinski definition) is 3. The fourth-order valence-electron chi connectivity index (χ4n) is 2.81. The summed E-state index contributed by atoms with van der Waals surface area (Å²) in [6.07, 6.45) is 0. The van der Waals surface area contributed by atoms with Crippen molar-refractivity contribution in [3.05, 3.63) is 69.3 Å². The zero-order valence-corrected chi connectivity index (χ0v) is 14.5. The zero-order chi connectivity index (χ0) is 19.8. The molecule has 9 nitrogen and oxygen atoms in total. The van der Waals surface area contributed by atoms with Gasteiger partial charge in [-0.3, -0.25) is 25.0 Å². The minimum absolute atomic E-state index is 0.135. The van der Waals surface area contributed by atoms with E-state index in [1.807, 2.05) is 0 Å². The molecule has 1 saturated heterocycles. The highest BCUT2D eigenvalue weighted by atomic mass is 16.6. The Morgan fingerprint density at radius 3 is 2.56 bits per heavy atom. The third-order valence-electron chi connectivity index (χ3n) is 4.41. The van der Waals surface area contributed by atoms with E-state index in [0.717, 1.165) is 0 Å². The molecule has 0 bridgehead atoms. The summed E-state index contributed by atoms with van der Waals surface area (Å²) in [5, 5.41) is 18.4. The van der Waals surface area contributed by atoms with E-state index in [9.17, 15) is 24.5 Å². The standard InChI is InChI=1S/C18H16N4O5/c1-10-6-7-11(8-14(10)22(26)27)15(23)19-13-5-3-4-12(9-13)18(2)16(24)20-17(25)21-18/h3-9H,1-2H3,(H,19,23)(H2,20,21,24,25)/t18-/m1/s1. The fraction of sp³-hybridized carbons (Fsp3) is 0.167. The molecular formula is C18H16N4O5. The van der Waals surface area contributed by atoms with Gasteiger partial charge in [0, 0.05) is 22.9 Å². The summed E-state index contributed by atoms with van der Waals surface area (Å²) >= 11 is 0. The Kier molecular flexibility index (Phi) is 4.36. The predicted molar refractivity (Wildman–Crippen MR) is 96.3 cm³/mol. The Hall–Kier alpha value is -3.75. The summed E-state index contributed by atoms with van der Waals surface area (Å²) in [5.41, 5.74) is 0.0643. The summed E-state index contributed by atoms with van der Waals surface area (Å²) in [6.45, 7) is 3.14. The van der Waals surface area contributed by atoms with Crippen molar-refractivity contribution in [3.8, 4) is 0 Å². The molecule has 1 fully saturated rings. The number of anilines is 1. The van der Waals surface area contributed by atoms with Gasteiger partial charge in [-0.15, -0.1) is 0 Å². The second kappa shape index (κ2) is 6.52. The number of aryl methyl sites for hydroxylation is 1. The number of nitrogens with one attached hydrogen (secondary N) is 3. The van der Waals surface area contributed by atoms with Crippen LogP contribution in [0.3, 0.4) is 0 Å². The van der Waals surface area contributed by atoms with Crippen LogP contribution >= 0.6 is 0 Å². The molecule has 9 heteroatoms. The third kappa shape index (κ3) is 3.34. The van der Waals surface area contributed by atoms with Gasteiger partial charge in [0.2, 0.25) is 0 Å². The summed E-state index contributed by atoms with van der Waals surface area (Å²) < 4.78 is 0. The lowest BCUT2D eigenvalue weighted by molar-refractivity contribution is -0.385. The molecule has 0 saturated carbocycles. The second-order valence-corrected chi connectivity index (χ2v) is 6.33. The Morgan fingerprint density at radius 2 is 1.93 bits per heavy atom. The Labute approximate surface area is 153 Å². The van der Waals surface area contributed by atoms with Crippen LogP contribution in [0, 0.1) is 17.0 Å². The number of carbonyl (C=O) groups is 3. The van der Waals surface area contributed by atoms with Gasteiger partial charge >= 0.3 is 6.03 Å². The average Bonchev–Trinajstić information content (AvgIpc) is 2.88. The first kappa shape index (κ1) is 18.1. The summed E-state index contributed by atoms with van der Waals surface area (Å²) in [4.78, 5) is 46.4. The first-order valence-electron chi connectivity index (χ1n) is 8.01. The van der Waals surface area contributed by atoms with Crippen molar-refractivity contribution >= 4 is 29.2 Å². The van der Waals surface area contributed by atoms with Crippen molar-refractivity contribution in [2.24, 2.45) is 0 Å². The van der Waals surface area contributed by atoms with E-state index >= 15 is 0 Å². The van der Waals surface area contributed by atoms with Crippen LogP contribution in [-0.4, -0.2) is 22.8 Å². The van der Waals surface area contributed by atoms with Crippen LogP contribution in [-0.2, 0) is 10.3 Å². The topological polar surface area (TPSA) is 130 Å². The van der Waals surface area contributed by atoms with Crippen molar-refractivity contribution in [3.63, 3.8) is 0 Å². The smallest absolute Gasteiger partial charge is 0.322 e. The highest BCUT2D eigenvalue weighted by molar-refractivity contribution is 6.08. The molecule has 0 aliphatic carbocycles. The Morgan fingerprint density at radius 1 is 1.19 bits per heavy atom. The van der Waals surface area contributed by atoms with Crippen molar-refractivity contribution in [2.75, 3.05) is 5.32 Å². The molecule has 0 aromatic heterocycles. The highest BCUT2D eigenvalue weighted by Crippen LogP contribution is 2.27. The molecule has 4 amide bonds. The molecule has 0 unspecified atom stereocenters. The van der Waals surface area contributed by atoms with E-state index < -0.39 is 28.3 Å². The van der Waals surface area contributed by atoms with Crippen molar-refractivity contribution in [1.29, 1.82) is 0 Å². The number of carbonyl (C=O) groups excluding carboxylic acids is 3. The van der Waals surface area contributed by atoms with Crippen LogP contribution in [0.25, 0.3) is 0 Å². The SMILES string of the molecule is Cc1ccc(C(=O)Nc2cccc([C@@]3(C)NC(=O)NC3=O)c2)cc1[N+](=O)[O-]. The maximum Gasteiger partial charge on any atom is 0.322 e. The third-order valence-corrected chi connectivity index (χ3v) is 4.41. The van der Waals surface area contributed by atoms with Gasteiger partial charge in [-0.25, -0.2) is 4.79 Å². The molecule has 0 spiro atoms. The van der Waals surface area contributed by atoms with Gasteiger partial charge < -0.3 is 10.6 Å². The number of urea groups is 1. The first-order valence-corrected chi connectivity index (χ1v) is 8.01. The molecular weight excluding hydrogens is 352 g/mol.